The van der Waals surface area contributed by atoms with Crippen molar-refractivity contribution < 1.29 is 19.1 Å². The number of aryl methyl sites for hydroxylation is 2. The molecule has 1 amide bonds. The molecule has 4 aromatic rings. The number of anilines is 1. The van der Waals surface area contributed by atoms with Crippen LogP contribution in [0.15, 0.2) is 70.6 Å². The van der Waals surface area contributed by atoms with E-state index < -0.39 is 23.5 Å². The van der Waals surface area contributed by atoms with E-state index >= 15 is 0 Å². The SMILES string of the molecule is Cc1ccc(C)c(C(O)=C2C(=O)C(=O)N(c3nnc(SCc4ccc(Cl)cc4Cl)s3)C2c2ccc(F)cc2)c1. The van der Waals surface area contributed by atoms with Crippen molar-refractivity contribution in [3.05, 3.63) is 110 Å². The summed E-state index contributed by atoms with van der Waals surface area (Å²) in [5, 5.41) is 21.0. The zero-order valence-electron chi connectivity index (χ0n) is 20.6. The highest BCUT2D eigenvalue weighted by molar-refractivity contribution is 8.00. The zero-order chi connectivity index (χ0) is 27.8. The van der Waals surface area contributed by atoms with E-state index in [0.29, 0.717) is 31.3 Å². The van der Waals surface area contributed by atoms with Crippen LogP contribution in [0.3, 0.4) is 0 Å². The number of halogens is 3. The number of ketones is 1. The summed E-state index contributed by atoms with van der Waals surface area (Å²) in [6, 6.07) is 15.1. The van der Waals surface area contributed by atoms with E-state index in [1.807, 2.05) is 25.1 Å². The lowest BCUT2D eigenvalue weighted by molar-refractivity contribution is -0.132. The van der Waals surface area contributed by atoms with Crippen LogP contribution in [-0.4, -0.2) is 27.0 Å². The minimum atomic E-state index is -1.03. The van der Waals surface area contributed by atoms with Crippen molar-refractivity contribution in [3.8, 4) is 0 Å². The van der Waals surface area contributed by atoms with E-state index in [1.54, 1.807) is 25.1 Å². The molecule has 0 bridgehead atoms. The maximum absolute atomic E-state index is 13.8. The first-order valence-electron chi connectivity index (χ1n) is 11.7. The third-order valence-corrected chi connectivity index (χ3v) is 8.94. The van der Waals surface area contributed by atoms with Crippen LogP contribution in [0.5, 0.6) is 0 Å². The van der Waals surface area contributed by atoms with Crippen LogP contribution < -0.4 is 4.90 Å². The molecule has 0 radical (unpaired) electrons. The Balaban J connectivity index is 1.55. The van der Waals surface area contributed by atoms with Crippen molar-refractivity contribution in [2.75, 3.05) is 4.90 Å². The number of rotatable bonds is 6. The van der Waals surface area contributed by atoms with Crippen LogP contribution in [0.25, 0.3) is 5.76 Å². The normalized spacial score (nSPS) is 16.7. The number of aliphatic hydroxyl groups excluding tert-OH is 1. The number of amides is 1. The predicted octanol–water partition coefficient (Wildman–Crippen LogP) is 7.52. The maximum atomic E-state index is 13.8. The molecule has 39 heavy (non-hydrogen) atoms. The largest absolute Gasteiger partial charge is 0.507 e. The van der Waals surface area contributed by atoms with E-state index in [2.05, 4.69) is 10.2 Å². The number of hydrogen-bond donors (Lipinski definition) is 1. The van der Waals surface area contributed by atoms with E-state index in [9.17, 15) is 19.1 Å². The van der Waals surface area contributed by atoms with Crippen molar-refractivity contribution in [2.24, 2.45) is 0 Å². The van der Waals surface area contributed by atoms with E-state index in [1.165, 1.54) is 40.9 Å². The number of benzene rings is 3. The van der Waals surface area contributed by atoms with Crippen LogP contribution in [0.2, 0.25) is 10.0 Å². The molecule has 11 heteroatoms. The predicted molar refractivity (Wildman–Crippen MR) is 153 cm³/mol. The highest BCUT2D eigenvalue weighted by Gasteiger charge is 2.48. The van der Waals surface area contributed by atoms with Gasteiger partial charge in [-0.05, 0) is 60.9 Å². The molecule has 1 saturated heterocycles. The molecule has 1 aliphatic rings. The number of carbonyl (C=O) groups is 2. The number of Topliss-reactive ketones (excluding diaryl/α,β-unsaturated/α-hetero) is 1. The van der Waals surface area contributed by atoms with Crippen LogP contribution in [0.4, 0.5) is 9.52 Å². The summed E-state index contributed by atoms with van der Waals surface area (Å²) in [5.41, 5.74) is 3.24. The number of thioether (sulfide) groups is 1. The van der Waals surface area contributed by atoms with Gasteiger partial charge in [-0.1, -0.05) is 82.2 Å². The Morgan fingerprint density at radius 3 is 2.51 bits per heavy atom. The van der Waals surface area contributed by atoms with Gasteiger partial charge in [-0.25, -0.2) is 4.39 Å². The molecule has 198 valence electrons. The van der Waals surface area contributed by atoms with Crippen molar-refractivity contribution >= 4 is 68.9 Å². The highest BCUT2D eigenvalue weighted by Crippen LogP contribution is 2.44. The highest BCUT2D eigenvalue weighted by atomic mass is 35.5. The van der Waals surface area contributed by atoms with Gasteiger partial charge in [-0.2, -0.15) is 0 Å². The standard InChI is InChI=1S/C28H20Cl2FN3O3S2/c1-14-3-4-15(2)20(11-14)24(35)22-23(16-6-9-19(31)10-7-16)34(26(37)25(22)36)27-32-33-28(39-27)38-13-17-5-8-18(29)12-21(17)30/h3-12,23,35H,13H2,1-2H3. The van der Waals surface area contributed by atoms with Gasteiger partial charge in [0.2, 0.25) is 5.13 Å². The number of hydrogen-bond acceptors (Lipinski definition) is 7. The number of nitrogens with zero attached hydrogens (tertiary/aromatic N) is 3. The molecular formula is C28H20Cl2FN3O3S2. The van der Waals surface area contributed by atoms with E-state index in [4.69, 9.17) is 23.2 Å². The second-order valence-corrected chi connectivity index (χ2v) is 11.9. The lowest BCUT2D eigenvalue weighted by atomic mass is 9.93. The van der Waals surface area contributed by atoms with Crippen molar-refractivity contribution in [1.82, 2.24) is 10.2 Å². The van der Waals surface area contributed by atoms with Crippen LogP contribution >= 0.6 is 46.3 Å². The van der Waals surface area contributed by atoms with Gasteiger partial charge in [0.1, 0.15) is 11.6 Å². The molecule has 5 rings (SSSR count). The molecule has 0 spiro atoms. The van der Waals surface area contributed by atoms with Crippen molar-refractivity contribution in [3.63, 3.8) is 0 Å². The van der Waals surface area contributed by atoms with E-state index in [-0.39, 0.29) is 16.5 Å². The van der Waals surface area contributed by atoms with Gasteiger partial charge >= 0.3 is 5.91 Å². The lowest BCUT2D eigenvalue weighted by Crippen LogP contribution is -2.29. The van der Waals surface area contributed by atoms with Crippen LogP contribution in [0.1, 0.15) is 33.9 Å². The smallest absolute Gasteiger partial charge is 0.301 e. The third kappa shape index (κ3) is 5.45. The minimum absolute atomic E-state index is 0.0994. The van der Waals surface area contributed by atoms with Gasteiger partial charge in [0.15, 0.2) is 4.34 Å². The lowest BCUT2D eigenvalue weighted by Gasteiger charge is -2.22. The summed E-state index contributed by atoms with van der Waals surface area (Å²) in [5.74, 6) is -2.01. The van der Waals surface area contributed by atoms with Gasteiger partial charge in [-0.3, -0.25) is 14.5 Å². The average molecular weight is 601 g/mol. The number of carbonyl (C=O) groups excluding carboxylic acids is 2. The molecule has 1 aliphatic heterocycles. The fourth-order valence-corrected chi connectivity index (χ4v) is 6.69. The summed E-state index contributed by atoms with van der Waals surface area (Å²) in [7, 11) is 0. The van der Waals surface area contributed by atoms with Crippen LogP contribution in [-0.2, 0) is 15.3 Å². The van der Waals surface area contributed by atoms with Gasteiger partial charge in [0, 0.05) is 21.4 Å². The van der Waals surface area contributed by atoms with Crippen molar-refractivity contribution in [1.29, 1.82) is 0 Å². The first-order valence-corrected chi connectivity index (χ1v) is 14.2. The number of aliphatic hydroxyl groups is 1. The van der Waals surface area contributed by atoms with E-state index in [0.717, 1.165) is 28.0 Å². The summed E-state index contributed by atoms with van der Waals surface area (Å²) in [4.78, 5) is 28.0. The summed E-state index contributed by atoms with van der Waals surface area (Å²) < 4.78 is 14.3. The molecule has 0 aliphatic carbocycles. The first-order chi connectivity index (χ1) is 18.6. The van der Waals surface area contributed by atoms with Crippen LogP contribution in [0, 0.1) is 19.7 Å². The Labute approximate surface area is 242 Å². The Morgan fingerprint density at radius 1 is 1.05 bits per heavy atom. The molecule has 1 atom stereocenters. The Bertz CT molecular complexity index is 1640. The summed E-state index contributed by atoms with van der Waals surface area (Å²) in [6.07, 6.45) is 0. The molecule has 1 unspecified atom stereocenters. The second-order valence-electron chi connectivity index (χ2n) is 8.91. The molecular weight excluding hydrogens is 580 g/mol. The molecule has 2 heterocycles. The molecule has 1 aromatic heterocycles. The maximum Gasteiger partial charge on any atom is 0.301 e. The summed E-state index contributed by atoms with van der Waals surface area (Å²) in [6.45, 7) is 3.67. The first kappa shape index (κ1) is 27.3. The van der Waals surface area contributed by atoms with Crippen molar-refractivity contribution in [2.45, 2.75) is 30.0 Å². The van der Waals surface area contributed by atoms with Gasteiger partial charge < -0.3 is 5.11 Å². The zero-order valence-corrected chi connectivity index (χ0v) is 23.8. The Kier molecular flexibility index (Phi) is 7.77. The van der Waals surface area contributed by atoms with Gasteiger partial charge in [0.05, 0.1) is 11.6 Å². The quantitative estimate of drug-likeness (QED) is 0.0811. The minimum Gasteiger partial charge on any atom is -0.507 e. The van der Waals surface area contributed by atoms with Gasteiger partial charge in [0.25, 0.3) is 5.78 Å². The summed E-state index contributed by atoms with van der Waals surface area (Å²) >= 11 is 14.7. The molecule has 1 N–H and O–H groups in total. The second kappa shape index (κ2) is 11.1. The molecule has 3 aromatic carbocycles. The molecule has 0 saturated carbocycles. The Hall–Kier alpha value is -3.24. The third-order valence-electron chi connectivity index (χ3n) is 6.25. The van der Waals surface area contributed by atoms with Gasteiger partial charge in [-0.15, -0.1) is 10.2 Å². The average Bonchev–Trinajstić information content (AvgIpc) is 3.47. The number of aromatic nitrogens is 2. The molecule has 6 nitrogen and oxygen atoms in total. The molecule has 1 fully saturated rings. The fourth-order valence-electron chi connectivity index (χ4n) is 4.26. The monoisotopic (exact) mass is 599 g/mol. The fraction of sp³-hybridized carbons (Fsp3) is 0.143. The topological polar surface area (TPSA) is 83.4 Å². The Morgan fingerprint density at radius 2 is 1.79 bits per heavy atom.